The SMILES string of the molecule is Cc1cc(C)cc(C(=O)NCCN2CCNCC2)c1.Cl. The Morgan fingerprint density at radius 1 is 1.20 bits per heavy atom. The summed E-state index contributed by atoms with van der Waals surface area (Å²) >= 11 is 0. The first-order chi connectivity index (χ1) is 9.15. The summed E-state index contributed by atoms with van der Waals surface area (Å²) in [5.74, 6) is 0.0296. The average Bonchev–Trinajstić information content (AvgIpc) is 2.38. The van der Waals surface area contributed by atoms with Crippen LogP contribution in [0.15, 0.2) is 18.2 Å². The Balaban J connectivity index is 0.00000200. The molecular formula is C15H24ClN3O. The van der Waals surface area contributed by atoms with Crippen molar-refractivity contribution in [3.63, 3.8) is 0 Å². The number of nitrogens with zero attached hydrogens (tertiary/aromatic N) is 1. The van der Waals surface area contributed by atoms with E-state index >= 15 is 0 Å². The maximum Gasteiger partial charge on any atom is 0.251 e. The van der Waals surface area contributed by atoms with Gasteiger partial charge in [-0.25, -0.2) is 0 Å². The Kier molecular flexibility index (Phi) is 6.99. The number of benzene rings is 1. The van der Waals surface area contributed by atoms with E-state index < -0.39 is 0 Å². The second-order valence-corrected chi connectivity index (χ2v) is 5.22. The van der Waals surface area contributed by atoms with E-state index in [1.54, 1.807) is 0 Å². The summed E-state index contributed by atoms with van der Waals surface area (Å²) in [6.45, 7) is 9.91. The van der Waals surface area contributed by atoms with Crippen molar-refractivity contribution in [1.82, 2.24) is 15.5 Å². The van der Waals surface area contributed by atoms with Crippen LogP contribution in [0.3, 0.4) is 0 Å². The number of halogens is 1. The summed E-state index contributed by atoms with van der Waals surface area (Å²) in [5, 5.41) is 6.32. The Hall–Kier alpha value is -1.10. The Morgan fingerprint density at radius 2 is 1.80 bits per heavy atom. The molecule has 1 aromatic carbocycles. The van der Waals surface area contributed by atoms with E-state index in [9.17, 15) is 4.79 Å². The number of carbonyl (C=O) groups excluding carboxylic acids is 1. The summed E-state index contributed by atoms with van der Waals surface area (Å²) in [7, 11) is 0. The molecule has 1 heterocycles. The molecule has 1 aliphatic rings. The fourth-order valence-corrected chi connectivity index (χ4v) is 2.47. The predicted octanol–water partition coefficient (Wildman–Crippen LogP) is 1.36. The highest BCUT2D eigenvalue weighted by Crippen LogP contribution is 2.08. The molecule has 0 bridgehead atoms. The molecule has 112 valence electrons. The van der Waals surface area contributed by atoms with E-state index in [1.807, 2.05) is 26.0 Å². The molecule has 0 unspecified atom stereocenters. The maximum atomic E-state index is 12.0. The molecule has 0 atom stereocenters. The average molecular weight is 298 g/mol. The van der Waals surface area contributed by atoms with Gasteiger partial charge in [-0.15, -0.1) is 12.4 Å². The van der Waals surface area contributed by atoms with Crippen LogP contribution < -0.4 is 10.6 Å². The number of amides is 1. The molecule has 0 aromatic heterocycles. The quantitative estimate of drug-likeness (QED) is 0.882. The van der Waals surface area contributed by atoms with Gasteiger partial charge in [0.15, 0.2) is 0 Å². The van der Waals surface area contributed by atoms with E-state index in [0.717, 1.165) is 49.4 Å². The zero-order valence-corrected chi connectivity index (χ0v) is 13.1. The first-order valence-electron chi connectivity index (χ1n) is 6.95. The smallest absolute Gasteiger partial charge is 0.251 e. The predicted molar refractivity (Wildman–Crippen MR) is 84.8 cm³/mol. The lowest BCUT2D eigenvalue weighted by Crippen LogP contribution is -2.46. The Labute approximate surface area is 127 Å². The zero-order chi connectivity index (χ0) is 13.7. The van der Waals surface area contributed by atoms with Gasteiger partial charge in [0, 0.05) is 44.8 Å². The third-order valence-electron chi connectivity index (χ3n) is 3.41. The number of carbonyl (C=O) groups is 1. The second kappa shape index (κ2) is 8.25. The van der Waals surface area contributed by atoms with Gasteiger partial charge in [-0.05, 0) is 26.0 Å². The Morgan fingerprint density at radius 3 is 2.40 bits per heavy atom. The normalized spacial score (nSPS) is 15.5. The monoisotopic (exact) mass is 297 g/mol. The molecule has 1 amide bonds. The summed E-state index contributed by atoms with van der Waals surface area (Å²) in [6, 6.07) is 5.96. The number of piperazine rings is 1. The molecule has 0 aliphatic carbocycles. The van der Waals surface area contributed by atoms with Gasteiger partial charge in [0.1, 0.15) is 0 Å². The van der Waals surface area contributed by atoms with E-state index in [2.05, 4.69) is 21.6 Å². The van der Waals surface area contributed by atoms with Crippen LogP contribution in [0.25, 0.3) is 0 Å². The first kappa shape index (κ1) is 17.0. The van der Waals surface area contributed by atoms with E-state index in [4.69, 9.17) is 0 Å². The summed E-state index contributed by atoms with van der Waals surface area (Å²) in [6.07, 6.45) is 0. The molecule has 4 nitrogen and oxygen atoms in total. The zero-order valence-electron chi connectivity index (χ0n) is 12.2. The van der Waals surface area contributed by atoms with Crippen LogP contribution in [-0.4, -0.2) is 50.1 Å². The van der Waals surface area contributed by atoms with Crippen LogP contribution in [0.4, 0.5) is 0 Å². The Bertz CT molecular complexity index is 424. The molecule has 1 aromatic rings. The van der Waals surface area contributed by atoms with Gasteiger partial charge in [0.05, 0.1) is 0 Å². The summed E-state index contributed by atoms with van der Waals surface area (Å²) in [5.41, 5.74) is 3.03. The van der Waals surface area contributed by atoms with Gasteiger partial charge >= 0.3 is 0 Å². The van der Waals surface area contributed by atoms with E-state index in [0.29, 0.717) is 6.54 Å². The van der Waals surface area contributed by atoms with Crippen molar-refractivity contribution in [1.29, 1.82) is 0 Å². The fraction of sp³-hybridized carbons (Fsp3) is 0.533. The van der Waals surface area contributed by atoms with E-state index in [1.165, 1.54) is 0 Å². The maximum absolute atomic E-state index is 12.0. The molecule has 1 saturated heterocycles. The number of aryl methyl sites for hydroxylation is 2. The lowest BCUT2D eigenvalue weighted by Gasteiger charge is -2.27. The molecule has 1 aliphatic heterocycles. The van der Waals surface area contributed by atoms with Gasteiger partial charge in [-0.3, -0.25) is 9.69 Å². The third-order valence-corrected chi connectivity index (χ3v) is 3.41. The highest BCUT2D eigenvalue weighted by atomic mass is 35.5. The number of hydrogen-bond acceptors (Lipinski definition) is 3. The lowest BCUT2D eigenvalue weighted by atomic mass is 10.1. The van der Waals surface area contributed by atoms with Crippen LogP contribution in [0.1, 0.15) is 21.5 Å². The van der Waals surface area contributed by atoms with Crippen LogP contribution >= 0.6 is 12.4 Å². The van der Waals surface area contributed by atoms with Crippen LogP contribution in [0.5, 0.6) is 0 Å². The van der Waals surface area contributed by atoms with Crippen molar-refractivity contribution >= 4 is 18.3 Å². The van der Waals surface area contributed by atoms with Crippen molar-refractivity contribution in [2.24, 2.45) is 0 Å². The second-order valence-electron chi connectivity index (χ2n) is 5.22. The fourth-order valence-electron chi connectivity index (χ4n) is 2.47. The highest BCUT2D eigenvalue weighted by molar-refractivity contribution is 5.94. The number of nitrogens with one attached hydrogen (secondary N) is 2. The van der Waals surface area contributed by atoms with Gasteiger partial charge in [0.25, 0.3) is 5.91 Å². The van der Waals surface area contributed by atoms with E-state index in [-0.39, 0.29) is 18.3 Å². The number of hydrogen-bond donors (Lipinski definition) is 2. The van der Waals surface area contributed by atoms with Crippen molar-refractivity contribution in [2.45, 2.75) is 13.8 Å². The van der Waals surface area contributed by atoms with Gasteiger partial charge in [-0.2, -0.15) is 0 Å². The molecule has 20 heavy (non-hydrogen) atoms. The van der Waals surface area contributed by atoms with Gasteiger partial charge < -0.3 is 10.6 Å². The summed E-state index contributed by atoms with van der Waals surface area (Å²) in [4.78, 5) is 14.4. The van der Waals surface area contributed by atoms with Crippen LogP contribution in [-0.2, 0) is 0 Å². The minimum Gasteiger partial charge on any atom is -0.351 e. The molecule has 1 fully saturated rings. The molecule has 5 heteroatoms. The molecule has 0 radical (unpaired) electrons. The summed E-state index contributed by atoms with van der Waals surface area (Å²) < 4.78 is 0. The van der Waals surface area contributed by atoms with Crippen molar-refractivity contribution in [3.05, 3.63) is 34.9 Å². The molecule has 0 saturated carbocycles. The minimum absolute atomic E-state index is 0. The van der Waals surface area contributed by atoms with Crippen LogP contribution in [0.2, 0.25) is 0 Å². The minimum atomic E-state index is 0. The highest BCUT2D eigenvalue weighted by Gasteiger charge is 2.10. The van der Waals surface area contributed by atoms with Crippen LogP contribution in [0, 0.1) is 13.8 Å². The number of rotatable bonds is 4. The largest absolute Gasteiger partial charge is 0.351 e. The first-order valence-corrected chi connectivity index (χ1v) is 6.95. The van der Waals surface area contributed by atoms with Crippen molar-refractivity contribution in [3.8, 4) is 0 Å². The topological polar surface area (TPSA) is 44.4 Å². The lowest BCUT2D eigenvalue weighted by molar-refractivity contribution is 0.0947. The van der Waals surface area contributed by atoms with Crippen molar-refractivity contribution < 1.29 is 4.79 Å². The molecule has 2 N–H and O–H groups in total. The standard InChI is InChI=1S/C15H23N3O.ClH/c1-12-9-13(2)11-14(10-12)15(19)17-5-8-18-6-3-16-4-7-18;/h9-11,16H,3-8H2,1-2H3,(H,17,19);1H. The molecular weight excluding hydrogens is 274 g/mol. The van der Waals surface area contributed by atoms with Gasteiger partial charge in [-0.1, -0.05) is 17.2 Å². The van der Waals surface area contributed by atoms with Gasteiger partial charge in [0.2, 0.25) is 0 Å². The van der Waals surface area contributed by atoms with Crippen molar-refractivity contribution in [2.75, 3.05) is 39.3 Å². The third kappa shape index (κ3) is 5.12. The molecule has 0 spiro atoms. The molecule has 2 rings (SSSR count).